The summed E-state index contributed by atoms with van der Waals surface area (Å²) in [5, 5.41) is 6.91. The maximum absolute atomic E-state index is 12.3. The van der Waals surface area contributed by atoms with Crippen molar-refractivity contribution in [2.75, 3.05) is 20.1 Å². The van der Waals surface area contributed by atoms with E-state index in [1.54, 1.807) is 7.05 Å². The third-order valence-corrected chi connectivity index (χ3v) is 5.50. The minimum absolute atomic E-state index is 0.0743. The second-order valence-electron chi connectivity index (χ2n) is 6.28. The van der Waals surface area contributed by atoms with Gasteiger partial charge < -0.3 is 5.32 Å². The second kappa shape index (κ2) is 9.07. The summed E-state index contributed by atoms with van der Waals surface area (Å²) in [5.41, 5.74) is 2.86. The molecule has 0 radical (unpaired) electrons. The number of nitrogens with one attached hydrogen (secondary N) is 2. The number of carbonyl (C=O) groups is 2. The number of rotatable bonds is 10. The molecule has 8 heteroatoms. The first-order chi connectivity index (χ1) is 12.7. The Kier molecular flexibility index (Phi) is 6.55. The Hall–Kier alpha value is -2.02. The van der Waals surface area contributed by atoms with Crippen LogP contribution in [0.15, 0.2) is 24.4 Å². The number of amides is 1. The molecule has 0 aliphatic heterocycles. The van der Waals surface area contributed by atoms with Crippen LogP contribution in [-0.2, 0) is 16.1 Å². The summed E-state index contributed by atoms with van der Waals surface area (Å²) in [6.07, 6.45) is 5.34. The summed E-state index contributed by atoms with van der Waals surface area (Å²) in [7, 11) is 1.65. The number of carbonyl (C=O) groups excluding carboxylic acids is 2. The van der Waals surface area contributed by atoms with E-state index in [4.69, 9.17) is 0 Å². The number of Topliss-reactive ketones (excluding diaryl/α,β-unsaturated/α-hetero) is 1. The molecular weight excluding hydrogens is 397 g/mol. The summed E-state index contributed by atoms with van der Waals surface area (Å²) in [4.78, 5) is 23.4. The zero-order valence-electron chi connectivity index (χ0n) is 14.8. The molecule has 3 rings (SSSR count). The molecule has 0 atom stereocenters. The van der Waals surface area contributed by atoms with Crippen molar-refractivity contribution in [3.8, 4) is 0 Å². The van der Waals surface area contributed by atoms with Crippen molar-refractivity contribution in [2.45, 2.75) is 32.2 Å². The molecule has 26 heavy (non-hydrogen) atoms. The summed E-state index contributed by atoms with van der Waals surface area (Å²) in [6, 6.07) is 6.05. The van der Waals surface area contributed by atoms with Gasteiger partial charge in [0, 0.05) is 13.5 Å². The molecule has 3 aromatic rings. The van der Waals surface area contributed by atoms with E-state index in [1.165, 1.54) is 0 Å². The molecule has 0 saturated carbocycles. The van der Waals surface area contributed by atoms with E-state index in [0.29, 0.717) is 19.5 Å². The molecule has 0 bridgehead atoms. The van der Waals surface area contributed by atoms with Gasteiger partial charge >= 0.3 is 129 Å². The van der Waals surface area contributed by atoms with Crippen LogP contribution in [0.3, 0.4) is 0 Å². The third kappa shape index (κ3) is 4.58. The number of aromatic nitrogens is 3. The first kappa shape index (κ1) is 18.8. The van der Waals surface area contributed by atoms with Gasteiger partial charge in [0.05, 0.1) is 0 Å². The first-order valence-electron chi connectivity index (χ1n) is 8.82. The quantitative estimate of drug-likeness (QED) is 0.379. The molecule has 0 saturated heterocycles. The van der Waals surface area contributed by atoms with E-state index in [0.717, 1.165) is 47.7 Å². The Morgan fingerprint density at radius 2 is 2.04 bits per heavy atom. The van der Waals surface area contributed by atoms with Crippen LogP contribution in [0.25, 0.3) is 21.9 Å². The fourth-order valence-electron chi connectivity index (χ4n) is 2.98. The summed E-state index contributed by atoms with van der Waals surface area (Å²) in [6.45, 7) is 1.49. The van der Waals surface area contributed by atoms with E-state index >= 15 is 0 Å². The van der Waals surface area contributed by atoms with Crippen molar-refractivity contribution in [1.82, 2.24) is 23.2 Å². The van der Waals surface area contributed by atoms with Gasteiger partial charge in [-0.05, 0) is 0 Å². The molecule has 2 N–H and O–H groups in total. The van der Waals surface area contributed by atoms with E-state index in [9.17, 15) is 9.59 Å². The number of hydrogen-bond acceptors (Lipinski definition) is 5. The number of benzene rings is 1. The van der Waals surface area contributed by atoms with Gasteiger partial charge in [0.15, 0.2) is 0 Å². The van der Waals surface area contributed by atoms with Gasteiger partial charge in [0.2, 0.25) is 5.91 Å². The Bertz CT molecular complexity index is 901. The number of nitrogens with zero attached hydrogens (tertiary/aromatic N) is 3. The predicted octanol–water partition coefficient (Wildman–Crippen LogP) is 1.11. The van der Waals surface area contributed by atoms with E-state index < -0.39 is 0 Å². The summed E-state index contributed by atoms with van der Waals surface area (Å²) < 4.78 is 10.9. The summed E-state index contributed by atoms with van der Waals surface area (Å²) in [5.74, 6) is 0.227. The number of fused-ring (bicyclic) bond motifs is 3. The Labute approximate surface area is 158 Å². The van der Waals surface area contributed by atoms with Crippen LogP contribution in [-0.4, -0.2) is 59.3 Å². The van der Waals surface area contributed by atoms with Crippen molar-refractivity contribution in [1.29, 1.82) is 0 Å². The standard InChI is InChI=1S/C18H23N5O2Se/c1-19-16(25)5-3-2-4-9-20-11-14(24)12-23-10-8-13-6-7-15-17(18(13)23)22-26-21-15/h6-8,10,20H,2-5,9,11-12H2,1H3,(H,19,25). The van der Waals surface area contributed by atoms with Crippen molar-refractivity contribution < 1.29 is 9.59 Å². The van der Waals surface area contributed by atoms with Gasteiger partial charge in [-0.3, -0.25) is 4.79 Å². The molecule has 1 aromatic carbocycles. The number of ketones is 1. The van der Waals surface area contributed by atoms with Gasteiger partial charge in [-0.25, -0.2) is 0 Å². The van der Waals surface area contributed by atoms with E-state index in [2.05, 4.69) is 18.6 Å². The van der Waals surface area contributed by atoms with Crippen molar-refractivity contribution >= 4 is 48.6 Å². The Morgan fingerprint density at radius 3 is 2.88 bits per heavy atom. The van der Waals surface area contributed by atoms with Crippen molar-refractivity contribution in [3.05, 3.63) is 24.4 Å². The number of unbranched alkanes of at least 4 members (excludes halogenated alkanes) is 2. The van der Waals surface area contributed by atoms with Crippen LogP contribution >= 0.6 is 0 Å². The van der Waals surface area contributed by atoms with E-state index in [1.807, 2.05) is 29.0 Å². The SMILES string of the molecule is CNC(=O)CCCCCNCC(=O)Cn1ccc2ccc3n[se]nc3c21. The van der Waals surface area contributed by atoms with Gasteiger partial charge in [0.25, 0.3) is 0 Å². The molecule has 2 heterocycles. The van der Waals surface area contributed by atoms with Crippen LogP contribution in [0.1, 0.15) is 25.7 Å². The van der Waals surface area contributed by atoms with Gasteiger partial charge in [-0.1, -0.05) is 0 Å². The fraction of sp³-hybridized carbons (Fsp3) is 0.444. The molecule has 0 unspecified atom stereocenters. The van der Waals surface area contributed by atoms with E-state index in [-0.39, 0.29) is 26.7 Å². The molecule has 0 aliphatic rings. The first-order valence-corrected chi connectivity index (χ1v) is 10.4. The minimum atomic E-state index is -0.0743. The Balaban J connectivity index is 1.45. The molecule has 0 fully saturated rings. The maximum atomic E-state index is 12.3. The zero-order chi connectivity index (χ0) is 18.4. The summed E-state index contributed by atoms with van der Waals surface area (Å²) >= 11 is -0.0743. The fourth-order valence-corrected chi connectivity index (χ4v) is 4.11. The van der Waals surface area contributed by atoms with Crippen LogP contribution in [0, 0.1) is 0 Å². The molecule has 138 valence electrons. The second-order valence-corrected chi connectivity index (χ2v) is 7.39. The molecular formula is C18H23N5O2Se. The average molecular weight is 420 g/mol. The number of hydrogen-bond donors (Lipinski definition) is 2. The molecule has 7 nitrogen and oxygen atoms in total. The zero-order valence-corrected chi connectivity index (χ0v) is 16.5. The monoisotopic (exact) mass is 421 g/mol. The van der Waals surface area contributed by atoms with Crippen LogP contribution in [0.2, 0.25) is 0 Å². The molecule has 1 amide bonds. The van der Waals surface area contributed by atoms with Crippen LogP contribution < -0.4 is 10.6 Å². The van der Waals surface area contributed by atoms with Crippen molar-refractivity contribution in [2.24, 2.45) is 0 Å². The molecule has 0 spiro atoms. The predicted molar refractivity (Wildman–Crippen MR) is 102 cm³/mol. The average Bonchev–Trinajstić information content (AvgIpc) is 3.27. The van der Waals surface area contributed by atoms with Crippen LogP contribution in [0.5, 0.6) is 0 Å². The van der Waals surface area contributed by atoms with Gasteiger partial charge in [-0.2, -0.15) is 0 Å². The van der Waals surface area contributed by atoms with Crippen LogP contribution in [0.4, 0.5) is 0 Å². The third-order valence-electron chi connectivity index (χ3n) is 4.36. The van der Waals surface area contributed by atoms with Gasteiger partial charge in [0.1, 0.15) is 0 Å². The molecule has 2 aromatic heterocycles. The van der Waals surface area contributed by atoms with Gasteiger partial charge in [-0.15, -0.1) is 0 Å². The normalized spacial score (nSPS) is 11.3. The molecule has 0 aliphatic carbocycles. The Morgan fingerprint density at radius 1 is 1.15 bits per heavy atom. The van der Waals surface area contributed by atoms with Crippen molar-refractivity contribution in [3.63, 3.8) is 0 Å². The topological polar surface area (TPSA) is 88.9 Å².